The van der Waals surface area contributed by atoms with Crippen molar-refractivity contribution < 1.29 is 4.79 Å². The lowest BCUT2D eigenvalue weighted by molar-refractivity contribution is -0.115. The second kappa shape index (κ2) is 4.65. The Morgan fingerprint density at radius 2 is 2.09 bits per heavy atom. The summed E-state index contributed by atoms with van der Waals surface area (Å²) >= 11 is 1.62. The SMILES string of the molecule is CCC(C)(C)CSCC(N)=O. The zero-order chi connectivity index (χ0) is 8.91. The highest BCUT2D eigenvalue weighted by molar-refractivity contribution is 7.99. The maximum atomic E-state index is 10.4. The molecule has 0 aliphatic carbocycles. The predicted molar refractivity (Wildman–Crippen MR) is 50.6 cm³/mol. The lowest BCUT2D eigenvalue weighted by Crippen LogP contribution is -2.18. The number of hydrogen-bond donors (Lipinski definition) is 1. The molecule has 0 fully saturated rings. The fourth-order valence-electron chi connectivity index (χ4n) is 0.530. The highest BCUT2D eigenvalue weighted by Crippen LogP contribution is 2.24. The summed E-state index contributed by atoms with van der Waals surface area (Å²) in [5.74, 6) is 1.23. The zero-order valence-corrected chi connectivity index (χ0v) is 8.33. The molecule has 0 saturated heterocycles. The van der Waals surface area contributed by atoms with Crippen molar-refractivity contribution in [2.45, 2.75) is 27.2 Å². The van der Waals surface area contributed by atoms with E-state index < -0.39 is 0 Å². The molecular weight excluding hydrogens is 158 g/mol. The summed E-state index contributed by atoms with van der Waals surface area (Å²) in [6, 6.07) is 0. The first-order valence-electron chi connectivity index (χ1n) is 3.84. The second-order valence-corrected chi connectivity index (χ2v) is 4.46. The number of hydrogen-bond acceptors (Lipinski definition) is 2. The normalized spacial score (nSPS) is 11.5. The van der Waals surface area contributed by atoms with E-state index in [9.17, 15) is 4.79 Å². The van der Waals surface area contributed by atoms with Gasteiger partial charge in [-0.1, -0.05) is 27.2 Å². The number of amides is 1. The molecule has 0 radical (unpaired) electrons. The third-order valence-corrected chi connectivity index (χ3v) is 3.17. The molecule has 0 aromatic carbocycles. The third-order valence-electron chi connectivity index (χ3n) is 1.69. The van der Waals surface area contributed by atoms with Crippen LogP contribution in [0, 0.1) is 5.41 Å². The van der Waals surface area contributed by atoms with Gasteiger partial charge in [0.25, 0.3) is 0 Å². The molecule has 3 heteroatoms. The van der Waals surface area contributed by atoms with Crippen molar-refractivity contribution in [3.8, 4) is 0 Å². The van der Waals surface area contributed by atoms with Crippen LogP contribution in [0.15, 0.2) is 0 Å². The van der Waals surface area contributed by atoms with Crippen molar-refractivity contribution in [2.75, 3.05) is 11.5 Å². The maximum Gasteiger partial charge on any atom is 0.227 e. The van der Waals surface area contributed by atoms with E-state index in [2.05, 4.69) is 20.8 Å². The Kier molecular flexibility index (Phi) is 4.57. The van der Waals surface area contributed by atoms with Crippen molar-refractivity contribution in [1.82, 2.24) is 0 Å². The smallest absolute Gasteiger partial charge is 0.227 e. The highest BCUT2D eigenvalue weighted by Gasteiger charge is 2.14. The Labute approximate surface area is 72.9 Å². The summed E-state index contributed by atoms with van der Waals surface area (Å²) in [4.78, 5) is 10.4. The lowest BCUT2D eigenvalue weighted by Gasteiger charge is -2.21. The number of carbonyl (C=O) groups is 1. The van der Waals surface area contributed by atoms with Gasteiger partial charge in [-0.05, 0) is 11.2 Å². The third kappa shape index (κ3) is 6.23. The van der Waals surface area contributed by atoms with Crippen LogP contribution in [0.1, 0.15) is 27.2 Å². The van der Waals surface area contributed by atoms with Crippen molar-refractivity contribution in [2.24, 2.45) is 11.1 Å². The largest absolute Gasteiger partial charge is 0.369 e. The fraction of sp³-hybridized carbons (Fsp3) is 0.875. The molecule has 0 unspecified atom stereocenters. The Hall–Kier alpha value is -0.180. The fourth-order valence-corrected chi connectivity index (χ4v) is 1.59. The molecule has 0 atom stereocenters. The van der Waals surface area contributed by atoms with Gasteiger partial charge in [-0.2, -0.15) is 11.8 Å². The molecule has 0 spiro atoms. The molecule has 66 valence electrons. The van der Waals surface area contributed by atoms with Gasteiger partial charge in [0.1, 0.15) is 0 Å². The Morgan fingerprint density at radius 1 is 1.55 bits per heavy atom. The van der Waals surface area contributed by atoms with Gasteiger partial charge in [-0.3, -0.25) is 4.79 Å². The van der Waals surface area contributed by atoms with Crippen molar-refractivity contribution in [3.05, 3.63) is 0 Å². The van der Waals surface area contributed by atoms with E-state index in [0.29, 0.717) is 11.2 Å². The molecule has 2 N–H and O–H groups in total. The number of carbonyl (C=O) groups excluding carboxylic acids is 1. The summed E-state index contributed by atoms with van der Waals surface area (Å²) in [5.41, 5.74) is 5.34. The molecule has 0 aliphatic rings. The first-order valence-corrected chi connectivity index (χ1v) is 4.99. The van der Waals surface area contributed by atoms with E-state index in [1.807, 2.05) is 0 Å². The van der Waals surface area contributed by atoms with Gasteiger partial charge in [0.05, 0.1) is 5.75 Å². The first kappa shape index (κ1) is 10.8. The minimum Gasteiger partial charge on any atom is -0.369 e. The highest BCUT2D eigenvalue weighted by atomic mass is 32.2. The Morgan fingerprint density at radius 3 is 2.45 bits per heavy atom. The maximum absolute atomic E-state index is 10.4. The topological polar surface area (TPSA) is 43.1 Å². The monoisotopic (exact) mass is 175 g/mol. The number of thioether (sulfide) groups is 1. The number of rotatable bonds is 5. The van der Waals surface area contributed by atoms with Crippen LogP contribution in [0.5, 0.6) is 0 Å². The van der Waals surface area contributed by atoms with Crippen LogP contribution in [-0.2, 0) is 4.79 Å². The van der Waals surface area contributed by atoms with Crippen LogP contribution in [-0.4, -0.2) is 17.4 Å². The Balaban J connectivity index is 3.45. The van der Waals surface area contributed by atoms with Gasteiger partial charge < -0.3 is 5.73 Å². The van der Waals surface area contributed by atoms with E-state index in [0.717, 1.165) is 12.2 Å². The summed E-state index contributed by atoms with van der Waals surface area (Å²) in [6.45, 7) is 6.55. The average Bonchev–Trinajstić information content (AvgIpc) is 1.87. The molecule has 0 heterocycles. The number of nitrogens with two attached hydrogens (primary N) is 1. The minimum absolute atomic E-state index is 0.220. The van der Waals surface area contributed by atoms with Gasteiger partial charge >= 0.3 is 0 Å². The van der Waals surface area contributed by atoms with Gasteiger partial charge in [0.2, 0.25) is 5.91 Å². The van der Waals surface area contributed by atoms with Crippen LogP contribution < -0.4 is 5.73 Å². The molecule has 0 aromatic heterocycles. The van der Waals surface area contributed by atoms with Crippen molar-refractivity contribution in [3.63, 3.8) is 0 Å². The van der Waals surface area contributed by atoms with Crippen molar-refractivity contribution >= 4 is 17.7 Å². The molecule has 0 saturated carbocycles. The van der Waals surface area contributed by atoms with E-state index in [-0.39, 0.29) is 5.91 Å². The molecule has 0 aromatic rings. The molecule has 0 aliphatic heterocycles. The van der Waals surface area contributed by atoms with E-state index in [1.165, 1.54) is 0 Å². The van der Waals surface area contributed by atoms with Crippen molar-refractivity contribution in [1.29, 1.82) is 0 Å². The van der Waals surface area contributed by atoms with Crippen LogP contribution in [0.4, 0.5) is 0 Å². The zero-order valence-electron chi connectivity index (χ0n) is 7.52. The molecule has 0 bridgehead atoms. The first-order chi connectivity index (χ1) is 4.98. The van der Waals surface area contributed by atoms with Gasteiger partial charge in [-0.15, -0.1) is 0 Å². The average molecular weight is 175 g/mol. The van der Waals surface area contributed by atoms with Gasteiger partial charge in [0, 0.05) is 0 Å². The van der Waals surface area contributed by atoms with E-state index >= 15 is 0 Å². The van der Waals surface area contributed by atoms with Gasteiger partial charge in [-0.25, -0.2) is 0 Å². The Bertz CT molecular complexity index is 134. The summed E-state index contributed by atoms with van der Waals surface area (Å²) < 4.78 is 0. The second-order valence-electron chi connectivity index (χ2n) is 3.48. The van der Waals surface area contributed by atoms with E-state index in [1.54, 1.807) is 11.8 Å². The standard InChI is InChI=1S/C8H17NOS/c1-4-8(2,3)6-11-5-7(9)10/h4-6H2,1-3H3,(H2,9,10). The van der Waals surface area contributed by atoms with E-state index in [4.69, 9.17) is 5.73 Å². The lowest BCUT2D eigenvalue weighted by atomic mass is 9.93. The molecule has 11 heavy (non-hydrogen) atoms. The van der Waals surface area contributed by atoms with Gasteiger partial charge in [0.15, 0.2) is 0 Å². The number of primary amides is 1. The minimum atomic E-state index is -0.220. The predicted octanol–water partition coefficient (Wildman–Crippen LogP) is 1.64. The molecule has 2 nitrogen and oxygen atoms in total. The molecule has 1 amide bonds. The van der Waals surface area contributed by atoms with Crippen LogP contribution in [0.3, 0.4) is 0 Å². The van der Waals surface area contributed by atoms with Crippen LogP contribution in [0.25, 0.3) is 0 Å². The van der Waals surface area contributed by atoms with Crippen LogP contribution >= 0.6 is 11.8 Å². The molecular formula is C8H17NOS. The van der Waals surface area contributed by atoms with Crippen LogP contribution in [0.2, 0.25) is 0 Å². The summed E-state index contributed by atoms with van der Waals surface area (Å²) in [6.07, 6.45) is 1.14. The molecule has 0 rings (SSSR count). The summed E-state index contributed by atoms with van der Waals surface area (Å²) in [5, 5.41) is 0. The quantitative estimate of drug-likeness (QED) is 0.690. The summed E-state index contributed by atoms with van der Waals surface area (Å²) in [7, 11) is 0.